The number of rotatable bonds is 7. The van der Waals surface area contributed by atoms with E-state index >= 15 is 0 Å². The van der Waals surface area contributed by atoms with E-state index in [4.69, 9.17) is 0 Å². The van der Waals surface area contributed by atoms with Gasteiger partial charge >= 0.3 is 0 Å². The van der Waals surface area contributed by atoms with Crippen LogP contribution in [0.2, 0.25) is 0 Å². The SMILES string of the molecule is CN(C)C(CNC(=O)C1CCN(C(=O)C=Cc2ccccc2)CC1)c1ccsc1. The normalized spacial score (nSPS) is 16.3. The standard InChI is InChI=1S/C23H29N3O2S/c1-25(2)21(20-12-15-29-17-20)16-24-23(28)19-10-13-26(14-11-19)22(27)9-8-18-6-4-3-5-7-18/h3-9,12,15,17,19,21H,10-11,13-14,16H2,1-2H3,(H,24,28). The molecule has 1 aliphatic heterocycles. The Morgan fingerprint density at radius 1 is 1.21 bits per heavy atom. The Kier molecular flexibility index (Phi) is 7.61. The zero-order valence-corrected chi connectivity index (χ0v) is 17.9. The zero-order chi connectivity index (χ0) is 20.6. The van der Waals surface area contributed by atoms with E-state index in [-0.39, 0.29) is 23.8 Å². The molecule has 29 heavy (non-hydrogen) atoms. The van der Waals surface area contributed by atoms with Gasteiger partial charge < -0.3 is 15.1 Å². The van der Waals surface area contributed by atoms with Gasteiger partial charge in [0.2, 0.25) is 11.8 Å². The molecular formula is C23H29N3O2S. The fraction of sp³-hybridized carbons (Fsp3) is 0.391. The van der Waals surface area contributed by atoms with Crippen LogP contribution in [0, 0.1) is 5.92 Å². The van der Waals surface area contributed by atoms with E-state index < -0.39 is 0 Å². The lowest BCUT2D eigenvalue weighted by Gasteiger charge is -2.31. The number of amides is 2. The number of thiophene rings is 1. The van der Waals surface area contributed by atoms with E-state index in [1.165, 1.54) is 5.56 Å². The Morgan fingerprint density at radius 2 is 1.93 bits per heavy atom. The minimum absolute atomic E-state index is 0.0119. The lowest BCUT2D eigenvalue weighted by Crippen LogP contribution is -2.44. The number of hydrogen-bond acceptors (Lipinski definition) is 4. The number of likely N-dealkylation sites (N-methyl/N-ethyl adjacent to an activating group) is 1. The Balaban J connectivity index is 1.45. The molecule has 2 amide bonds. The smallest absolute Gasteiger partial charge is 0.246 e. The van der Waals surface area contributed by atoms with Crippen molar-refractivity contribution in [1.82, 2.24) is 15.1 Å². The van der Waals surface area contributed by atoms with Crippen LogP contribution in [-0.2, 0) is 9.59 Å². The second-order valence-corrected chi connectivity index (χ2v) is 8.40. The Hall–Kier alpha value is -2.44. The first-order valence-corrected chi connectivity index (χ1v) is 11.0. The van der Waals surface area contributed by atoms with E-state index in [0.717, 1.165) is 5.56 Å². The number of likely N-dealkylation sites (tertiary alicyclic amines) is 1. The molecule has 0 saturated carbocycles. The summed E-state index contributed by atoms with van der Waals surface area (Å²) in [6.07, 6.45) is 4.88. The summed E-state index contributed by atoms with van der Waals surface area (Å²) in [7, 11) is 4.06. The predicted octanol–water partition coefficient (Wildman–Crippen LogP) is 3.42. The molecule has 0 aliphatic carbocycles. The summed E-state index contributed by atoms with van der Waals surface area (Å²) in [6, 6.07) is 12.1. The molecule has 0 radical (unpaired) electrons. The van der Waals surface area contributed by atoms with E-state index in [1.807, 2.05) is 55.4 Å². The molecule has 0 bridgehead atoms. The lowest BCUT2D eigenvalue weighted by molar-refractivity contribution is -0.132. The van der Waals surface area contributed by atoms with Gasteiger partial charge in [-0.1, -0.05) is 30.3 Å². The van der Waals surface area contributed by atoms with Crippen LogP contribution in [0.4, 0.5) is 0 Å². The minimum Gasteiger partial charge on any atom is -0.354 e. The number of nitrogens with zero attached hydrogens (tertiary/aromatic N) is 2. The van der Waals surface area contributed by atoms with E-state index in [2.05, 4.69) is 27.0 Å². The molecule has 1 unspecified atom stereocenters. The van der Waals surface area contributed by atoms with Gasteiger partial charge in [0.25, 0.3) is 0 Å². The van der Waals surface area contributed by atoms with Gasteiger partial charge in [0.05, 0.1) is 6.04 Å². The molecule has 1 saturated heterocycles. The van der Waals surface area contributed by atoms with Crippen LogP contribution in [0.1, 0.15) is 30.0 Å². The van der Waals surface area contributed by atoms with Gasteiger partial charge in [-0.25, -0.2) is 0 Å². The molecule has 154 valence electrons. The van der Waals surface area contributed by atoms with Crippen LogP contribution in [0.5, 0.6) is 0 Å². The molecule has 1 aromatic heterocycles. The molecule has 5 nitrogen and oxygen atoms in total. The van der Waals surface area contributed by atoms with E-state index in [0.29, 0.717) is 32.5 Å². The molecule has 1 fully saturated rings. The second-order valence-electron chi connectivity index (χ2n) is 7.62. The highest BCUT2D eigenvalue weighted by Gasteiger charge is 2.27. The maximum absolute atomic E-state index is 12.6. The quantitative estimate of drug-likeness (QED) is 0.711. The van der Waals surface area contributed by atoms with Crippen molar-refractivity contribution in [3.05, 3.63) is 64.4 Å². The third-order valence-corrected chi connectivity index (χ3v) is 6.12. The number of benzene rings is 1. The van der Waals surface area contributed by atoms with Crippen LogP contribution in [-0.4, -0.2) is 55.3 Å². The number of nitrogens with one attached hydrogen (secondary N) is 1. The fourth-order valence-corrected chi connectivity index (χ4v) is 4.31. The summed E-state index contributed by atoms with van der Waals surface area (Å²) in [5, 5.41) is 7.31. The summed E-state index contributed by atoms with van der Waals surface area (Å²) in [5.74, 6) is 0.0827. The third-order valence-electron chi connectivity index (χ3n) is 5.42. The summed E-state index contributed by atoms with van der Waals surface area (Å²) in [6.45, 7) is 1.84. The molecule has 1 aromatic carbocycles. The van der Waals surface area contributed by atoms with Gasteiger partial charge in [0, 0.05) is 31.6 Å². The molecule has 6 heteroatoms. The molecule has 2 heterocycles. The van der Waals surface area contributed by atoms with Crippen LogP contribution >= 0.6 is 11.3 Å². The van der Waals surface area contributed by atoms with Gasteiger partial charge in [-0.05, 0) is 61.0 Å². The fourth-order valence-electron chi connectivity index (χ4n) is 3.60. The molecule has 0 spiro atoms. The Bertz CT molecular complexity index is 810. The van der Waals surface area contributed by atoms with E-state index in [9.17, 15) is 9.59 Å². The van der Waals surface area contributed by atoms with E-state index in [1.54, 1.807) is 17.4 Å². The van der Waals surface area contributed by atoms with Crippen molar-refractivity contribution < 1.29 is 9.59 Å². The first kappa shape index (κ1) is 21.3. The highest BCUT2D eigenvalue weighted by Crippen LogP contribution is 2.21. The monoisotopic (exact) mass is 411 g/mol. The molecule has 1 aliphatic rings. The molecule has 2 aromatic rings. The van der Waals surface area contributed by atoms with Gasteiger partial charge in [-0.2, -0.15) is 11.3 Å². The largest absolute Gasteiger partial charge is 0.354 e. The maximum Gasteiger partial charge on any atom is 0.246 e. The summed E-state index contributed by atoms with van der Waals surface area (Å²) >= 11 is 1.67. The van der Waals surface area contributed by atoms with Crippen LogP contribution in [0.15, 0.2) is 53.2 Å². The summed E-state index contributed by atoms with van der Waals surface area (Å²) in [4.78, 5) is 29.0. The van der Waals surface area contributed by atoms with Crippen molar-refractivity contribution in [3.8, 4) is 0 Å². The zero-order valence-electron chi connectivity index (χ0n) is 17.1. The average molecular weight is 412 g/mol. The van der Waals surface area contributed by atoms with Gasteiger partial charge in [0.1, 0.15) is 0 Å². The topological polar surface area (TPSA) is 52.7 Å². The molecule has 3 rings (SSSR count). The van der Waals surface area contributed by atoms with Crippen molar-refractivity contribution in [2.24, 2.45) is 5.92 Å². The van der Waals surface area contributed by atoms with Crippen LogP contribution in [0.3, 0.4) is 0 Å². The van der Waals surface area contributed by atoms with Crippen LogP contribution < -0.4 is 5.32 Å². The van der Waals surface area contributed by atoms with Gasteiger partial charge in [-0.15, -0.1) is 0 Å². The van der Waals surface area contributed by atoms with Crippen molar-refractivity contribution in [2.75, 3.05) is 33.7 Å². The first-order chi connectivity index (χ1) is 14.0. The third kappa shape index (κ3) is 6.02. The number of hydrogen-bond donors (Lipinski definition) is 1. The second kappa shape index (κ2) is 10.4. The molecular weight excluding hydrogens is 382 g/mol. The van der Waals surface area contributed by atoms with Crippen molar-refractivity contribution in [3.63, 3.8) is 0 Å². The minimum atomic E-state index is -0.0255. The predicted molar refractivity (Wildman–Crippen MR) is 119 cm³/mol. The van der Waals surface area contributed by atoms with Crippen molar-refractivity contribution in [1.29, 1.82) is 0 Å². The summed E-state index contributed by atoms with van der Waals surface area (Å²) in [5.41, 5.74) is 2.24. The summed E-state index contributed by atoms with van der Waals surface area (Å²) < 4.78 is 0. The average Bonchev–Trinajstić information content (AvgIpc) is 3.27. The molecule has 1 N–H and O–H groups in total. The number of carbonyl (C=O) groups is 2. The first-order valence-electron chi connectivity index (χ1n) is 10.0. The van der Waals surface area contributed by atoms with Crippen molar-refractivity contribution in [2.45, 2.75) is 18.9 Å². The number of carbonyl (C=O) groups excluding carboxylic acids is 2. The van der Waals surface area contributed by atoms with Gasteiger partial charge in [0.15, 0.2) is 0 Å². The number of piperidine rings is 1. The highest BCUT2D eigenvalue weighted by molar-refractivity contribution is 7.07. The van der Waals surface area contributed by atoms with Crippen molar-refractivity contribution >= 4 is 29.2 Å². The Labute approximate surface area is 177 Å². The van der Waals surface area contributed by atoms with Gasteiger partial charge in [-0.3, -0.25) is 9.59 Å². The maximum atomic E-state index is 12.6. The molecule has 1 atom stereocenters. The van der Waals surface area contributed by atoms with Crippen LogP contribution in [0.25, 0.3) is 6.08 Å². The lowest BCUT2D eigenvalue weighted by atomic mass is 9.95. The Morgan fingerprint density at radius 3 is 2.55 bits per heavy atom. The highest BCUT2D eigenvalue weighted by atomic mass is 32.1.